The van der Waals surface area contributed by atoms with Gasteiger partial charge < -0.3 is 10.8 Å². The first-order valence-electron chi connectivity index (χ1n) is 8.16. The monoisotopic (exact) mass is 351 g/mol. The summed E-state index contributed by atoms with van der Waals surface area (Å²) in [6.07, 6.45) is 1.90. The molecule has 26 heavy (non-hydrogen) atoms. The highest BCUT2D eigenvalue weighted by atomic mass is 16.4. The molecule has 0 saturated heterocycles. The third-order valence-corrected chi connectivity index (χ3v) is 3.63. The second kappa shape index (κ2) is 8.62. The van der Waals surface area contributed by atoms with E-state index in [4.69, 9.17) is 10.8 Å². The summed E-state index contributed by atoms with van der Waals surface area (Å²) in [7, 11) is 0. The third-order valence-electron chi connectivity index (χ3n) is 3.63. The van der Waals surface area contributed by atoms with E-state index in [1.54, 1.807) is 17.8 Å². The maximum Gasteiger partial charge on any atom is 0.303 e. The van der Waals surface area contributed by atoms with E-state index in [1.807, 2.05) is 61.5 Å². The smallest absolute Gasteiger partial charge is 0.303 e. The first kappa shape index (κ1) is 18.9. The van der Waals surface area contributed by atoms with Gasteiger partial charge in [0.25, 0.3) is 5.91 Å². The van der Waals surface area contributed by atoms with Crippen LogP contribution in [-0.2, 0) is 4.79 Å². The minimum absolute atomic E-state index is 0.222. The van der Waals surface area contributed by atoms with E-state index in [9.17, 15) is 9.59 Å². The Hall–Kier alpha value is -3.41. The van der Waals surface area contributed by atoms with Crippen LogP contribution in [0.4, 0.5) is 0 Å². The van der Waals surface area contributed by atoms with Gasteiger partial charge in [0.1, 0.15) is 5.69 Å². The predicted octanol–water partition coefficient (Wildman–Crippen LogP) is 3.43. The molecule has 2 aromatic carbocycles. The molecule has 3 aromatic rings. The van der Waals surface area contributed by atoms with Crippen LogP contribution in [-0.4, -0.2) is 26.8 Å². The highest BCUT2D eigenvalue weighted by Crippen LogP contribution is 2.23. The molecule has 0 radical (unpaired) electrons. The number of primary amides is 1. The molecule has 134 valence electrons. The summed E-state index contributed by atoms with van der Waals surface area (Å²) in [4.78, 5) is 21.0. The van der Waals surface area contributed by atoms with Crippen molar-refractivity contribution in [2.24, 2.45) is 5.73 Å². The van der Waals surface area contributed by atoms with Crippen LogP contribution < -0.4 is 5.73 Å². The fourth-order valence-corrected chi connectivity index (χ4v) is 2.19. The molecule has 1 amide bonds. The van der Waals surface area contributed by atoms with Crippen LogP contribution in [0.3, 0.4) is 0 Å². The van der Waals surface area contributed by atoms with E-state index >= 15 is 0 Å². The number of nitrogens with two attached hydrogens (primary N) is 1. The highest BCUT2D eigenvalue weighted by molar-refractivity contribution is 5.98. The van der Waals surface area contributed by atoms with Crippen molar-refractivity contribution >= 4 is 11.9 Å². The van der Waals surface area contributed by atoms with Crippen molar-refractivity contribution in [1.29, 1.82) is 0 Å². The fourth-order valence-electron chi connectivity index (χ4n) is 2.19. The van der Waals surface area contributed by atoms with Crippen LogP contribution in [0.25, 0.3) is 16.9 Å². The van der Waals surface area contributed by atoms with Gasteiger partial charge in [0, 0.05) is 18.2 Å². The fraction of sp³-hybridized carbons (Fsp3) is 0.150. The number of carbonyl (C=O) groups excluding carboxylic acids is 1. The predicted molar refractivity (Wildman–Crippen MR) is 100 cm³/mol. The Morgan fingerprint density at radius 2 is 1.65 bits per heavy atom. The minimum atomic E-state index is -0.745. The van der Waals surface area contributed by atoms with Crippen molar-refractivity contribution < 1.29 is 14.7 Å². The number of hydrogen-bond acceptors (Lipinski definition) is 3. The Bertz CT molecular complexity index is 884. The number of aryl methyl sites for hydroxylation is 1. The number of aliphatic carboxylic acids is 1. The maximum absolute atomic E-state index is 11.7. The van der Waals surface area contributed by atoms with Gasteiger partial charge in [0.05, 0.1) is 11.3 Å². The zero-order valence-electron chi connectivity index (χ0n) is 14.7. The molecule has 1 aromatic heterocycles. The van der Waals surface area contributed by atoms with Crippen LogP contribution in [0.1, 0.15) is 29.3 Å². The van der Waals surface area contributed by atoms with Crippen LogP contribution >= 0.6 is 0 Å². The SMILES string of the molecule is CCC(=O)O.Cc1ccc(-n2cc(C(N)=O)c(-c3ccccc3)n2)cc1. The Morgan fingerprint density at radius 3 is 2.15 bits per heavy atom. The van der Waals surface area contributed by atoms with E-state index < -0.39 is 11.9 Å². The number of nitrogens with zero attached hydrogens (tertiary/aromatic N) is 2. The second-order valence-corrected chi connectivity index (χ2v) is 5.65. The largest absolute Gasteiger partial charge is 0.481 e. The number of benzene rings is 2. The van der Waals surface area contributed by atoms with E-state index in [1.165, 1.54) is 5.56 Å². The third kappa shape index (κ3) is 4.80. The standard InChI is InChI=1S/C17H15N3O.C3H6O2/c1-12-7-9-14(10-8-12)20-11-15(17(18)21)16(19-20)13-5-3-2-4-6-13;1-2-3(4)5/h2-11H,1H3,(H2,18,21);2H2,1H3,(H,4,5). The zero-order valence-corrected chi connectivity index (χ0v) is 14.7. The Morgan fingerprint density at radius 1 is 1.08 bits per heavy atom. The number of rotatable bonds is 4. The van der Waals surface area contributed by atoms with E-state index in [0.717, 1.165) is 11.3 Å². The number of carbonyl (C=O) groups is 2. The summed E-state index contributed by atoms with van der Waals surface area (Å²) in [5.74, 6) is -1.22. The van der Waals surface area contributed by atoms with E-state index in [-0.39, 0.29) is 6.42 Å². The first-order valence-corrected chi connectivity index (χ1v) is 8.16. The molecule has 6 nitrogen and oxygen atoms in total. The lowest BCUT2D eigenvalue weighted by atomic mass is 10.1. The van der Waals surface area contributed by atoms with Gasteiger partial charge in [-0.1, -0.05) is 55.0 Å². The molecular formula is C20H21N3O3. The summed E-state index contributed by atoms with van der Waals surface area (Å²) in [5, 5.41) is 12.2. The maximum atomic E-state index is 11.7. The van der Waals surface area contributed by atoms with Gasteiger partial charge >= 0.3 is 5.97 Å². The van der Waals surface area contributed by atoms with Crippen LogP contribution in [0, 0.1) is 6.92 Å². The normalized spacial score (nSPS) is 9.92. The molecule has 0 unspecified atom stereocenters. The summed E-state index contributed by atoms with van der Waals surface area (Å²) < 4.78 is 1.68. The number of carboxylic acid groups (broad SMARTS) is 1. The molecule has 1 heterocycles. The molecule has 3 N–H and O–H groups in total. The zero-order chi connectivity index (χ0) is 19.1. The van der Waals surface area contributed by atoms with Crippen molar-refractivity contribution in [3.63, 3.8) is 0 Å². The highest BCUT2D eigenvalue weighted by Gasteiger charge is 2.16. The molecule has 0 aliphatic rings. The minimum Gasteiger partial charge on any atom is -0.481 e. The lowest BCUT2D eigenvalue weighted by Crippen LogP contribution is -2.11. The lowest BCUT2D eigenvalue weighted by Gasteiger charge is -2.01. The van der Waals surface area contributed by atoms with Crippen molar-refractivity contribution in [3.05, 3.63) is 71.9 Å². The molecule has 0 atom stereocenters. The van der Waals surface area contributed by atoms with Gasteiger partial charge in [0.2, 0.25) is 0 Å². The van der Waals surface area contributed by atoms with Crippen molar-refractivity contribution in [1.82, 2.24) is 9.78 Å². The van der Waals surface area contributed by atoms with Gasteiger partial charge in [-0.25, -0.2) is 4.68 Å². The van der Waals surface area contributed by atoms with Crippen molar-refractivity contribution in [2.75, 3.05) is 0 Å². The Balaban J connectivity index is 0.000000431. The number of amides is 1. The van der Waals surface area contributed by atoms with Gasteiger partial charge in [-0.2, -0.15) is 5.10 Å². The van der Waals surface area contributed by atoms with E-state index in [0.29, 0.717) is 11.3 Å². The molecule has 0 saturated carbocycles. The molecule has 0 aliphatic carbocycles. The summed E-state index contributed by atoms with van der Waals surface area (Å²) >= 11 is 0. The average molecular weight is 351 g/mol. The summed E-state index contributed by atoms with van der Waals surface area (Å²) in [5.41, 5.74) is 9.43. The summed E-state index contributed by atoms with van der Waals surface area (Å²) in [6, 6.07) is 17.5. The Kier molecular flexibility index (Phi) is 6.27. The molecule has 0 aliphatic heterocycles. The molecule has 6 heteroatoms. The second-order valence-electron chi connectivity index (χ2n) is 5.65. The number of carboxylic acids is 1. The molecular weight excluding hydrogens is 330 g/mol. The van der Waals surface area contributed by atoms with Gasteiger partial charge in [0.15, 0.2) is 0 Å². The van der Waals surface area contributed by atoms with Gasteiger partial charge in [-0.05, 0) is 19.1 Å². The van der Waals surface area contributed by atoms with Gasteiger partial charge in [-0.15, -0.1) is 0 Å². The summed E-state index contributed by atoms with van der Waals surface area (Å²) in [6.45, 7) is 3.62. The molecule has 0 spiro atoms. The van der Waals surface area contributed by atoms with Gasteiger partial charge in [-0.3, -0.25) is 9.59 Å². The van der Waals surface area contributed by atoms with Crippen LogP contribution in [0.2, 0.25) is 0 Å². The molecule has 0 fully saturated rings. The Labute approximate surface area is 151 Å². The first-order chi connectivity index (χ1) is 12.4. The number of aromatic nitrogens is 2. The van der Waals surface area contributed by atoms with E-state index in [2.05, 4.69) is 5.10 Å². The van der Waals surface area contributed by atoms with Crippen LogP contribution in [0.15, 0.2) is 60.8 Å². The molecule has 3 rings (SSSR count). The number of hydrogen-bond donors (Lipinski definition) is 2. The van der Waals surface area contributed by atoms with Crippen molar-refractivity contribution in [3.8, 4) is 16.9 Å². The van der Waals surface area contributed by atoms with Crippen molar-refractivity contribution in [2.45, 2.75) is 20.3 Å². The molecule has 0 bridgehead atoms. The topological polar surface area (TPSA) is 98.2 Å². The lowest BCUT2D eigenvalue weighted by molar-refractivity contribution is -0.136. The van der Waals surface area contributed by atoms with Crippen LogP contribution in [0.5, 0.6) is 0 Å². The quantitative estimate of drug-likeness (QED) is 0.752. The average Bonchev–Trinajstić information content (AvgIpc) is 3.09.